The molecule has 6 rings (SSSR count). The van der Waals surface area contributed by atoms with Gasteiger partial charge in [-0.25, -0.2) is 19.3 Å². The van der Waals surface area contributed by atoms with E-state index in [0.717, 1.165) is 25.7 Å². The predicted molar refractivity (Wildman–Crippen MR) is 142 cm³/mol. The lowest BCUT2D eigenvalue weighted by Crippen LogP contribution is -2.25. The quantitative estimate of drug-likeness (QED) is 0.252. The predicted octanol–water partition coefficient (Wildman–Crippen LogP) is 4.90. The number of rotatable bonds is 9. The molecule has 5 aromatic rings. The van der Waals surface area contributed by atoms with Crippen LogP contribution in [0.25, 0.3) is 33.7 Å². The van der Waals surface area contributed by atoms with E-state index < -0.39 is 11.8 Å². The number of hydrogen-bond donors (Lipinski definition) is 2. The summed E-state index contributed by atoms with van der Waals surface area (Å²) in [6, 6.07) is 8.44. The van der Waals surface area contributed by atoms with Gasteiger partial charge in [0.15, 0.2) is 18.1 Å². The molecule has 0 aliphatic heterocycles. The molecule has 2 N–H and O–H groups in total. The highest BCUT2D eigenvalue weighted by atomic mass is 19.1. The van der Waals surface area contributed by atoms with Crippen LogP contribution >= 0.6 is 0 Å². The van der Waals surface area contributed by atoms with Crippen LogP contribution in [0.4, 0.5) is 4.39 Å². The number of carboxylic acids is 1. The van der Waals surface area contributed by atoms with Crippen molar-refractivity contribution in [2.45, 2.75) is 51.7 Å². The van der Waals surface area contributed by atoms with Gasteiger partial charge < -0.3 is 24.1 Å². The smallest absolute Gasteiger partial charge is 0.316 e. The molecule has 1 aromatic carbocycles. The molecular formula is C28H26FN7O5. The summed E-state index contributed by atoms with van der Waals surface area (Å²) in [7, 11) is 0. The second-order valence-corrected chi connectivity index (χ2v) is 9.93. The van der Waals surface area contributed by atoms with Crippen LogP contribution in [0.15, 0.2) is 47.2 Å². The first-order chi connectivity index (χ1) is 19.9. The van der Waals surface area contributed by atoms with E-state index in [-0.39, 0.29) is 36.6 Å². The highest BCUT2D eigenvalue weighted by molar-refractivity contribution is 5.77. The van der Waals surface area contributed by atoms with Crippen LogP contribution in [-0.2, 0) is 11.4 Å². The van der Waals surface area contributed by atoms with Gasteiger partial charge in [-0.05, 0) is 62.3 Å². The summed E-state index contributed by atoms with van der Waals surface area (Å²) in [5.41, 5.74) is 2.53. The number of imidazole rings is 1. The molecule has 210 valence electrons. The lowest BCUT2D eigenvalue weighted by molar-refractivity contribution is -0.138. The van der Waals surface area contributed by atoms with Crippen LogP contribution in [0.1, 0.15) is 43.8 Å². The van der Waals surface area contributed by atoms with Crippen LogP contribution < -0.4 is 9.47 Å². The molecule has 4 aromatic heterocycles. The standard InChI is InChI=1S/C28H26FN7O5/c1-15-32-24(41-36-15)14-39-23-9-8-22-27(34-23)35-26(33-22)20-7-4-17(11-21(20)29)18-12-30-28(31-13-18)40-19-5-2-16(3-6-19)10-25(37)38/h4,7-9,11-13,16,19H,2-3,5-6,10,14H2,1H3,(H,37,38)(H,33,34,35)/t16-,19+. The van der Waals surface area contributed by atoms with Crippen LogP contribution in [0.3, 0.4) is 0 Å². The monoisotopic (exact) mass is 559 g/mol. The van der Waals surface area contributed by atoms with Crippen molar-refractivity contribution in [3.63, 3.8) is 0 Å². The van der Waals surface area contributed by atoms with Crippen molar-refractivity contribution >= 4 is 17.1 Å². The van der Waals surface area contributed by atoms with Gasteiger partial charge in [0.2, 0.25) is 5.88 Å². The Bertz CT molecular complexity index is 1680. The van der Waals surface area contributed by atoms with Crippen molar-refractivity contribution in [2.75, 3.05) is 0 Å². The van der Waals surface area contributed by atoms with E-state index in [1.807, 2.05) is 0 Å². The Balaban J connectivity index is 1.10. The fraction of sp³-hybridized carbons (Fsp3) is 0.321. The number of carbonyl (C=O) groups is 1. The lowest BCUT2D eigenvalue weighted by Gasteiger charge is -2.27. The van der Waals surface area contributed by atoms with Gasteiger partial charge in [0.1, 0.15) is 23.3 Å². The van der Waals surface area contributed by atoms with E-state index in [1.165, 1.54) is 6.07 Å². The van der Waals surface area contributed by atoms with Crippen molar-refractivity contribution in [3.8, 4) is 34.4 Å². The van der Waals surface area contributed by atoms with Crippen LogP contribution in [0.5, 0.6) is 11.9 Å². The number of aryl methyl sites for hydroxylation is 1. The summed E-state index contributed by atoms with van der Waals surface area (Å²) in [5.74, 6) is 0.470. The molecule has 12 nitrogen and oxygen atoms in total. The summed E-state index contributed by atoms with van der Waals surface area (Å²) >= 11 is 0. The third-order valence-corrected chi connectivity index (χ3v) is 6.95. The number of aromatic nitrogens is 7. The molecular weight excluding hydrogens is 533 g/mol. The number of ether oxygens (including phenoxy) is 2. The fourth-order valence-electron chi connectivity index (χ4n) is 4.88. The first-order valence-electron chi connectivity index (χ1n) is 13.2. The van der Waals surface area contributed by atoms with Gasteiger partial charge in [0.05, 0.1) is 5.56 Å². The second kappa shape index (κ2) is 11.3. The molecule has 0 atom stereocenters. The van der Waals surface area contributed by atoms with Gasteiger partial charge in [0.25, 0.3) is 5.89 Å². The molecule has 0 bridgehead atoms. The normalized spacial score (nSPS) is 17.0. The number of nitrogens with one attached hydrogen (secondary N) is 1. The zero-order valence-electron chi connectivity index (χ0n) is 22.1. The van der Waals surface area contributed by atoms with Crippen molar-refractivity contribution in [1.82, 2.24) is 35.1 Å². The Morgan fingerprint density at radius 3 is 2.59 bits per heavy atom. The SMILES string of the molecule is Cc1noc(COc2ccc3nc(-c4ccc(-c5cnc(O[C@H]6CC[C@@H](CC(=O)O)CC6)nc5)cc4F)[nH]c3n2)n1. The topological polar surface area (TPSA) is 162 Å². The van der Waals surface area contributed by atoms with Crippen molar-refractivity contribution in [3.05, 3.63) is 60.3 Å². The average molecular weight is 560 g/mol. The third kappa shape index (κ3) is 6.13. The van der Waals surface area contributed by atoms with E-state index in [1.54, 1.807) is 43.6 Å². The minimum Gasteiger partial charge on any atom is -0.481 e. The van der Waals surface area contributed by atoms with Gasteiger partial charge >= 0.3 is 12.0 Å². The van der Waals surface area contributed by atoms with Gasteiger partial charge in [-0.2, -0.15) is 9.97 Å². The Morgan fingerprint density at radius 1 is 1.07 bits per heavy atom. The largest absolute Gasteiger partial charge is 0.481 e. The molecule has 1 saturated carbocycles. The minimum absolute atomic E-state index is 0.0434. The van der Waals surface area contributed by atoms with Crippen LogP contribution in [0, 0.1) is 18.7 Å². The maximum atomic E-state index is 15.2. The molecule has 0 spiro atoms. The zero-order chi connectivity index (χ0) is 28.3. The van der Waals surface area contributed by atoms with Crippen molar-refractivity contribution in [2.24, 2.45) is 5.92 Å². The molecule has 0 radical (unpaired) electrons. The lowest BCUT2D eigenvalue weighted by atomic mass is 9.85. The molecule has 1 aliphatic carbocycles. The van der Waals surface area contributed by atoms with Crippen molar-refractivity contribution < 1.29 is 28.3 Å². The summed E-state index contributed by atoms with van der Waals surface area (Å²) < 4.78 is 31.8. The van der Waals surface area contributed by atoms with Gasteiger partial charge in [-0.3, -0.25) is 4.79 Å². The number of H-pyrrole nitrogens is 1. The fourth-order valence-corrected chi connectivity index (χ4v) is 4.88. The number of fused-ring (bicyclic) bond motifs is 1. The molecule has 4 heterocycles. The summed E-state index contributed by atoms with van der Waals surface area (Å²) in [5, 5.41) is 12.7. The summed E-state index contributed by atoms with van der Waals surface area (Å²) in [4.78, 5) is 35.5. The van der Waals surface area contributed by atoms with Gasteiger partial charge in [0, 0.05) is 30.4 Å². The maximum Gasteiger partial charge on any atom is 0.316 e. The number of aromatic amines is 1. The molecule has 0 saturated heterocycles. The molecule has 0 unspecified atom stereocenters. The molecule has 13 heteroatoms. The van der Waals surface area contributed by atoms with Crippen LogP contribution in [-0.4, -0.2) is 52.2 Å². The molecule has 1 fully saturated rings. The maximum absolute atomic E-state index is 15.2. The number of benzene rings is 1. The number of carboxylic acid groups (broad SMARTS) is 1. The Morgan fingerprint density at radius 2 is 1.88 bits per heavy atom. The highest BCUT2D eigenvalue weighted by Gasteiger charge is 2.24. The third-order valence-electron chi connectivity index (χ3n) is 6.95. The average Bonchev–Trinajstić information content (AvgIpc) is 3.58. The van der Waals surface area contributed by atoms with E-state index in [0.29, 0.717) is 45.7 Å². The molecule has 41 heavy (non-hydrogen) atoms. The first-order valence-corrected chi connectivity index (χ1v) is 13.2. The molecule has 1 aliphatic rings. The highest BCUT2D eigenvalue weighted by Crippen LogP contribution is 2.30. The van der Waals surface area contributed by atoms with Crippen molar-refractivity contribution in [1.29, 1.82) is 0 Å². The molecule has 0 amide bonds. The number of halogens is 1. The van der Waals surface area contributed by atoms with E-state index in [2.05, 4.69) is 35.1 Å². The minimum atomic E-state index is -0.764. The Kier molecular flexibility index (Phi) is 7.23. The zero-order valence-corrected chi connectivity index (χ0v) is 22.1. The summed E-state index contributed by atoms with van der Waals surface area (Å²) in [6.07, 6.45) is 6.47. The number of pyridine rings is 1. The van der Waals surface area contributed by atoms with E-state index in [4.69, 9.17) is 19.1 Å². The first kappa shape index (κ1) is 26.3. The van der Waals surface area contributed by atoms with Gasteiger partial charge in [-0.15, -0.1) is 0 Å². The number of nitrogens with zero attached hydrogens (tertiary/aromatic N) is 6. The van der Waals surface area contributed by atoms with Gasteiger partial charge in [-0.1, -0.05) is 11.2 Å². The number of aliphatic carboxylic acids is 1. The van der Waals surface area contributed by atoms with E-state index in [9.17, 15) is 4.79 Å². The second-order valence-electron chi connectivity index (χ2n) is 9.93. The number of hydrogen-bond acceptors (Lipinski definition) is 10. The summed E-state index contributed by atoms with van der Waals surface area (Å²) in [6.45, 7) is 1.79. The van der Waals surface area contributed by atoms with Crippen LogP contribution in [0.2, 0.25) is 0 Å². The Hall–Kier alpha value is -4.94. The van der Waals surface area contributed by atoms with E-state index >= 15 is 4.39 Å². The Labute approximate surface area is 233 Å².